The summed E-state index contributed by atoms with van der Waals surface area (Å²) < 4.78 is 0. The summed E-state index contributed by atoms with van der Waals surface area (Å²) in [5, 5.41) is 3.62. The Bertz CT molecular complexity index is 426. The van der Waals surface area contributed by atoms with Gasteiger partial charge in [0.25, 0.3) is 0 Å². The van der Waals surface area contributed by atoms with Crippen LogP contribution in [0.3, 0.4) is 0 Å². The van der Waals surface area contributed by atoms with E-state index in [1.54, 1.807) is 0 Å². The van der Waals surface area contributed by atoms with Crippen molar-refractivity contribution >= 4 is 0 Å². The lowest BCUT2D eigenvalue weighted by Crippen LogP contribution is -2.43. The molecular formula is C18H25N. The zero-order valence-corrected chi connectivity index (χ0v) is 12.2. The molecule has 0 radical (unpaired) electrons. The highest BCUT2D eigenvalue weighted by atomic mass is 15.0. The van der Waals surface area contributed by atoms with E-state index < -0.39 is 0 Å². The minimum Gasteiger partial charge on any atom is -0.303 e. The molecule has 0 bridgehead atoms. The summed E-state index contributed by atoms with van der Waals surface area (Å²) in [6.07, 6.45) is 3.70. The van der Waals surface area contributed by atoms with E-state index in [4.69, 9.17) is 0 Å². The van der Waals surface area contributed by atoms with Crippen molar-refractivity contribution < 1.29 is 0 Å². The SMILES string of the molecule is C=CCNC(CC(=C)C)(CC(=C)C)c1ccccc1. The van der Waals surface area contributed by atoms with E-state index in [9.17, 15) is 0 Å². The molecule has 0 atom stereocenters. The van der Waals surface area contributed by atoms with E-state index in [2.05, 4.69) is 63.2 Å². The normalized spacial score (nSPS) is 11.1. The van der Waals surface area contributed by atoms with Crippen LogP contribution in [0.1, 0.15) is 32.3 Å². The van der Waals surface area contributed by atoms with Gasteiger partial charge >= 0.3 is 0 Å². The Hall–Kier alpha value is -1.60. The van der Waals surface area contributed by atoms with Crippen molar-refractivity contribution in [2.75, 3.05) is 6.54 Å². The van der Waals surface area contributed by atoms with Crippen LogP contribution in [0, 0.1) is 0 Å². The monoisotopic (exact) mass is 255 g/mol. The number of hydrogen-bond acceptors (Lipinski definition) is 1. The Kier molecular flexibility index (Phi) is 5.78. The van der Waals surface area contributed by atoms with Gasteiger partial charge in [0, 0.05) is 6.54 Å². The molecule has 1 aromatic rings. The largest absolute Gasteiger partial charge is 0.303 e. The van der Waals surface area contributed by atoms with Gasteiger partial charge in [-0.05, 0) is 32.3 Å². The van der Waals surface area contributed by atoms with E-state index in [1.807, 2.05) is 12.1 Å². The van der Waals surface area contributed by atoms with Crippen LogP contribution >= 0.6 is 0 Å². The first-order chi connectivity index (χ1) is 9.00. The molecule has 1 heteroatoms. The van der Waals surface area contributed by atoms with Gasteiger partial charge in [-0.1, -0.05) is 47.6 Å². The van der Waals surface area contributed by atoms with Gasteiger partial charge in [0.1, 0.15) is 0 Å². The molecule has 0 amide bonds. The Balaban J connectivity index is 3.19. The van der Waals surface area contributed by atoms with Crippen molar-refractivity contribution in [1.29, 1.82) is 0 Å². The molecule has 0 aromatic heterocycles. The topological polar surface area (TPSA) is 12.0 Å². The Morgan fingerprint density at radius 3 is 2.05 bits per heavy atom. The quantitative estimate of drug-likeness (QED) is 0.670. The maximum atomic E-state index is 4.09. The van der Waals surface area contributed by atoms with E-state index >= 15 is 0 Å². The van der Waals surface area contributed by atoms with Crippen LogP contribution in [0.4, 0.5) is 0 Å². The summed E-state index contributed by atoms with van der Waals surface area (Å²) in [7, 11) is 0. The third kappa shape index (κ3) is 4.53. The standard InChI is InChI=1S/C18H25N/c1-6-12-19-18(13-15(2)3,14-16(4)5)17-10-8-7-9-11-17/h6-11,19H,1-2,4,12-14H2,3,5H3. The summed E-state index contributed by atoms with van der Waals surface area (Å²) in [6.45, 7) is 16.9. The predicted molar refractivity (Wildman–Crippen MR) is 85.2 cm³/mol. The maximum Gasteiger partial charge on any atom is 0.0511 e. The van der Waals surface area contributed by atoms with Gasteiger partial charge < -0.3 is 5.32 Å². The highest BCUT2D eigenvalue weighted by Gasteiger charge is 2.31. The first-order valence-corrected chi connectivity index (χ1v) is 6.70. The van der Waals surface area contributed by atoms with E-state index in [0.29, 0.717) is 0 Å². The lowest BCUT2D eigenvalue weighted by molar-refractivity contribution is 0.340. The molecule has 0 saturated carbocycles. The van der Waals surface area contributed by atoms with Crippen molar-refractivity contribution in [3.8, 4) is 0 Å². The molecule has 0 aliphatic heterocycles. The molecule has 0 saturated heterocycles. The second-order valence-corrected chi connectivity index (χ2v) is 5.39. The third-order valence-corrected chi connectivity index (χ3v) is 3.12. The Morgan fingerprint density at radius 1 is 1.11 bits per heavy atom. The molecule has 1 rings (SSSR count). The molecule has 0 spiro atoms. The minimum atomic E-state index is -0.132. The summed E-state index contributed by atoms with van der Waals surface area (Å²) in [4.78, 5) is 0. The number of rotatable bonds is 8. The van der Waals surface area contributed by atoms with Gasteiger partial charge in [0.15, 0.2) is 0 Å². The highest BCUT2D eigenvalue weighted by molar-refractivity contribution is 5.29. The van der Waals surface area contributed by atoms with Gasteiger partial charge in [-0.25, -0.2) is 0 Å². The lowest BCUT2D eigenvalue weighted by Gasteiger charge is -2.36. The van der Waals surface area contributed by atoms with E-state index in [-0.39, 0.29) is 5.54 Å². The molecule has 0 aliphatic rings. The van der Waals surface area contributed by atoms with Gasteiger partial charge in [0.2, 0.25) is 0 Å². The zero-order chi connectivity index (χ0) is 14.3. The van der Waals surface area contributed by atoms with Crippen molar-refractivity contribution in [1.82, 2.24) is 5.32 Å². The number of hydrogen-bond donors (Lipinski definition) is 1. The predicted octanol–water partition coefficient (Wildman–Crippen LogP) is 4.59. The highest BCUT2D eigenvalue weighted by Crippen LogP contribution is 2.34. The molecule has 0 unspecified atom stereocenters. The maximum absolute atomic E-state index is 4.09. The fourth-order valence-corrected chi connectivity index (χ4v) is 2.55. The zero-order valence-electron chi connectivity index (χ0n) is 12.2. The molecule has 0 fully saturated rings. The van der Waals surface area contributed by atoms with E-state index in [1.165, 1.54) is 16.7 Å². The molecule has 0 heterocycles. The van der Waals surface area contributed by atoms with Crippen LogP contribution in [0.15, 0.2) is 67.3 Å². The number of nitrogens with one attached hydrogen (secondary N) is 1. The lowest BCUT2D eigenvalue weighted by atomic mass is 9.79. The Labute approximate surface area is 117 Å². The second-order valence-electron chi connectivity index (χ2n) is 5.39. The van der Waals surface area contributed by atoms with Crippen molar-refractivity contribution in [3.63, 3.8) is 0 Å². The summed E-state index contributed by atoms with van der Waals surface area (Å²) in [6, 6.07) is 10.5. The number of benzene rings is 1. The average molecular weight is 255 g/mol. The Morgan fingerprint density at radius 2 is 1.63 bits per heavy atom. The van der Waals surface area contributed by atoms with Crippen LogP contribution in [0.2, 0.25) is 0 Å². The molecular weight excluding hydrogens is 230 g/mol. The van der Waals surface area contributed by atoms with E-state index in [0.717, 1.165) is 19.4 Å². The fraction of sp³-hybridized carbons (Fsp3) is 0.333. The molecule has 1 nitrogen and oxygen atoms in total. The van der Waals surface area contributed by atoms with Crippen LogP contribution in [-0.2, 0) is 5.54 Å². The molecule has 102 valence electrons. The molecule has 0 aliphatic carbocycles. The second kappa shape index (κ2) is 7.10. The summed E-state index contributed by atoms with van der Waals surface area (Å²) in [5.41, 5.74) is 3.49. The van der Waals surface area contributed by atoms with Crippen LogP contribution in [-0.4, -0.2) is 6.54 Å². The van der Waals surface area contributed by atoms with Crippen molar-refractivity contribution in [2.45, 2.75) is 32.2 Å². The third-order valence-electron chi connectivity index (χ3n) is 3.12. The average Bonchev–Trinajstić information content (AvgIpc) is 2.35. The van der Waals surface area contributed by atoms with Gasteiger partial charge in [-0.2, -0.15) is 0 Å². The molecule has 1 N–H and O–H groups in total. The molecule has 1 aromatic carbocycles. The minimum absolute atomic E-state index is 0.132. The van der Waals surface area contributed by atoms with Crippen LogP contribution < -0.4 is 5.32 Å². The smallest absolute Gasteiger partial charge is 0.0511 e. The summed E-state index contributed by atoms with van der Waals surface area (Å²) >= 11 is 0. The van der Waals surface area contributed by atoms with Gasteiger partial charge in [-0.3, -0.25) is 0 Å². The van der Waals surface area contributed by atoms with Crippen molar-refractivity contribution in [2.24, 2.45) is 0 Å². The fourth-order valence-electron chi connectivity index (χ4n) is 2.55. The van der Waals surface area contributed by atoms with Crippen molar-refractivity contribution in [3.05, 3.63) is 72.9 Å². The molecule has 19 heavy (non-hydrogen) atoms. The van der Waals surface area contributed by atoms with Gasteiger partial charge in [-0.15, -0.1) is 19.7 Å². The first-order valence-electron chi connectivity index (χ1n) is 6.70. The van der Waals surface area contributed by atoms with Gasteiger partial charge in [0.05, 0.1) is 5.54 Å². The first kappa shape index (κ1) is 15.5. The summed E-state index contributed by atoms with van der Waals surface area (Å²) in [5.74, 6) is 0. The van der Waals surface area contributed by atoms with Crippen LogP contribution in [0.5, 0.6) is 0 Å². The van der Waals surface area contributed by atoms with Crippen LogP contribution in [0.25, 0.3) is 0 Å².